The number of hydrogen-bond acceptors (Lipinski definition) is 6. The van der Waals surface area contributed by atoms with Gasteiger partial charge in [-0.15, -0.1) is 0 Å². The molecular weight excluding hydrogens is 434 g/mol. The number of quaternary nitrogens is 1. The van der Waals surface area contributed by atoms with E-state index in [9.17, 15) is 0 Å². The fourth-order valence-corrected chi connectivity index (χ4v) is 4.22. The van der Waals surface area contributed by atoms with Crippen molar-refractivity contribution in [1.29, 1.82) is 0 Å². The first kappa shape index (κ1) is 26.0. The molecule has 188 valence electrons. The van der Waals surface area contributed by atoms with Crippen molar-refractivity contribution in [3.8, 4) is 0 Å². The minimum atomic E-state index is 0.792. The van der Waals surface area contributed by atoms with Gasteiger partial charge in [0.2, 0.25) is 0 Å². The summed E-state index contributed by atoms with van der Waals surface area (Å²) in [6, 6.07) is 23.8. The highest BCUT2D eigenvalue weighted by molar-refractivity contribution is 5.52. The van der Waals surface area contributed by atoms with Crippen molar-refractivity contribution in [2.24, 2.45) is 0 Å². The van der Waals surface area contributed by atoms with Crippen molar-refractivity contribution in [3.63, 3.8) is 0 Å². The summed E-state index contributed by atoms with van der Waals surface area (Å²) in [4.78, 5) is 0. The molecule has 0 heterocycles. The number of nitrogens with one attached hydrogen (secondary N) is 3. The minimum absolute atomic E-state index is 0.792. The van der Waals surface area contributed by atoms with E-state index in [1.54, 1.807) is 0 Å². The molecule has 7 nitrogen and oxygen atoms in total. The van der Waals surface area contributed by atoms with Gasteiger partial charge in [0.25, 0.3) is 0 Å². The molecule has 0 atom stereocenters. The van der Waals surface area contributed by atoms with Gasteiger partial charge in [-0.2, -0.15) is 0 Å². The lowest BCUT2D eigenvalue weighted by molar-refractivity contribution is -0.909. The van der Waals surface area contributed by atoms with Crippen LogP contribution >= 0.6 is 0 Å². The molecule has 7 heteroatoms. The summed E-state index contributed by atoms with van der Waals surface area (Å²) in [6.07, 6.45) is 3.33. The van der Waals surface area contributed by atoms with Gasteiger partial charge in [0.15, 0.2) is 0 Å². The van der Waals surface area contributed by atoms with Crippen LogP contribution in [0.2, 0.25) is 0 Å². The van der Waals surface area contributed by atoms with Crippen molar-refractivity contribution in [2.45, 2.75) is 19.3 Å². The van der Waals surface area contributed by atoms with Gasteiger partial charge in [-0.25, -0.2) is 0 Å². The molecule has 0 radical (unpaired) electrons. The van der Waals surface area contributed by atoms with Crippen LogP contribution in [0.5, 0.6) is 0 Å². The summed E-state index contributed by atoms with van der Waals surface area (Å²) in [5.74, 6) is 0. The zero-order valence-electron chi connectivity index (χ0n) is 21.0. The monoisotopic (exact) mass is 476 g/mol. The van der Waals surface area contributed by atoms with Gasteiger partial charge < -0.3 is 37.6 Å². The third-order valence-electron chi connectivity index (χ3n) is 6.34. The highest BCUT2D eigenvalue weighted by Crippen LogP contribution is 2.14. The van der Waals surface area contributed by atoms with E-state index < -0.39 is 0 Å². The lowest BCUT2D eigenvalue weighted by Crippen LogP contribution is -2.47. The van der Waals surface area contributed by atoms with E-state index in [0.717, 1.165) is 97.1 Å². The Morgan fingerprint density at radius 2 is 0.743 bits per heavy atom. The molecule has 0 spiro atoms. The van der Waals surface area contributed by atoms with Crippen LogP contribution in [0.15, 0.2) is 72.8 Å². The Hall–Kier alpha value is -3.58. The molecule has 0 saturated heterocycles. The van der Waals surface area contributed by atoms with Crippen molar-refractivity contribution < 1.29 is 4.48 Å². The number of benzene rings is 3. The van der Waals surface area contributed by atoms with Gasteiger partial charge in [-0.3, -0.25) is 0 Å². The maximum Gasteiger partial charge on any atom is 0.0801 e. The van der Waals surface area contributed by atoms with E-state index in [1.165, 1.54) is 0 Å². The van der Waals surface area contributed by atoms with Crippen LogP contribution in [0.4, 0.5) is 34.1 Å². The largest absolute Gasteiger partial charge is 0.399 e. The van der Waals surface area contributed by atoms with Crippen LogP contribution < -0.4 is 33.2 Å². The highest BCUT2D eigenvalue weighted by Gasteiger charge is 2.20. The summed E-state index contributed by atoms with van der Waals surface area (Å²) in [6.45, 7) is 6.24. The number of hydrogen-bond donors (Lipinski definition) is 6. The molecule has 0 fully saturated rings. The smallest absolute Gasteiger partial charge is 0.0801 e. The van der Waals surface area contributed by atoms with Crippen molar-refractivity contribution in [1.82, 2.24) is 0 Å². The first-order valence-corrected chi connectivity index (χ1v) is 12.5. The van der Waals surface area contributed by atoms with Crippen molar-refractivity contribution in [2.75, 3.05) is 79.5 Å². The van der Waals surface area contributed by atoms with E-state index in [0.29, 0.717) is 0 Å². The second-order valence-corrected chi connectivity index (χ2v) is 9.50. The lowest BCUT2D eigenvalue weighted by atomic mass is 10.2. The number of nitrogens with zero attached hydrogens (tertiary/aromatic N) is 1. The van der Waals surface area contributed by atoms with E-state index >= 15 is 0 Å². The first-order chi connectivity index (χ1) is 16.9. The third kappa shape index (κ3) is 9.66. The molecule has 0 unspecified atom stereocenters. The summed E-state index contributed by atoms with van der Waals surface area (Å²) < 4.78 is 1.05. The maximum absolute atomic E-state index is 5.79. The second-order valence-electron chi connectivity index (χ2n) is 9.50. The Morgan fingerprint density at radius 1 is 0.486 bits per heavy atom. The van der Waals surface area contributed by atoms with Crippen LogP contribution in [-0.2, 0) is 0 Å². The zero-order valence-corrected chi connectivity index (χ0v) is 21.0. The SMILES string of the molecule is C[N+](CCCNc1ccc(N)cc1)(CCCNc1ccc(N)cc1)CCCNc1ccc(N)cc1. The number of nitrogens with two attached hydrogens (primary N) is 3. The predicted octanol–water partition coefficient (Wildman–Crippen LogP) is 4.69. The molecule has 0 aromatic heterocycles. The van der Waals surface area contributed by atoms with Gasteiger partial charge in [0, 0.05) is 73.0 Å². The molecule has 3 aromatic carbocycles. The Morgan fingerprint density at radius 3 is 1.00 bits per heavy atom. The van der Waals surface area contributed by atoms with Crippen LogP contribution in [-0.4, -0.2) is 50.8 Å². The van der Waals surface area contributed by atoms with E-state index in [-0.39, 0.29) is 0 Å². The highest BCUT2D eigenvalue weighted by atomic mass is 15.3. The van der Waals surface area contributed by atoms with Gasteiger partial charge in [-0.05, 0) is 72.8 Å². The standard InChI is InChI=1S/C28H42N7/c1-35(20-2-17-32-26-11-5-23(29)6-12-26,21-3-18-33-27-13-7-24(30)8-14-27)22-4-19-34-28-15-9-25(31)10-16-28/h5-16,32-34H,2-4,17-22,29-31H2,1H3/q+1. The number of rotatable bonds is 15. The Kier molecular flexibility index (Phi) is 9.93. The molecule has 0 aliphatic rings. The summed E-state index contributed by atoms with van der Waals surface area (Å²) in [5, 5.41) is 10.6. The quantitative estimate of drug-likeness (QED) is 0.108. The molecule has 3 aromatic rings. The van der Waals surface area contributed by atoms with Crippen molar-refractivity contribution in [3.05, 3.63) is 72.8 Å². The topological polar surface area (TPSA) is 114 Å². The van der Waals surface area contributed by atoms with Gasteiger partial charge in [0.05, 0.1) is 26.7 Å². The molecule has 0 aliphatic heterocycles. The summed E-state index contributed by atoms with van der Waals surface area (Å²) >= 11 is 0. The number of nitrogen functional groups attached to an aromatic ring is 3. The third-order valence-corrected chi connectivity index (χ3v) is 6.34. The molecule has 0 saturated carbocycles. The van der Waals surface area contributed by atoms with Gasteiger partial charge in [-0.1, -0.05) is 0 Å². The second kappa shape index (κ2) is 13.3. The fourth-order valence-electron chi connectivity index (χ4n) is 4.22. The molecule has 0 amide bonds. The Labute approximate surface area is 210 Å². The average molecular weight is 477 g/mol. The molecular formula is C28H42N7+. The Balaban J connectivity index is 1.45. The molecule has 0 bridgehead atoms. The molecule has 9 N–H and O–H groups in total. The first-order valence-electron chi connectivity index (χ1n) is 12.5. The molecule has 0 aliphatic carbocycles. The predicted molar refractivity (Wildman–Crippen MR) is 153 cm³/mol. The normalized spacial score (nSPS) is 11.2. The number of anilines is 6. The van der Waals surface area contributed by atoms with Gasteiger partial charge in [0.1, 0.15) is 0 Å². The van der Waals surface area contributed by atoms with E-state index in [2.05, 4.69) is 23.0 Å². The van der Waals surface area contributed by atoms with Crippen LogP contribution in [0.1, 0.15) is 19.3 Å². The fraction of sp³-hybridized carbons (Fsp3) is 0.357. The maximum atomic E-state index is 5.79. The summed E-state index contributed by atoms with van der Waals surface area (Å²) in [7, 11) is 2.38. The minimum Gasteiger partial charge on any atom is -0.399 e. The molecule has 3 rings (SSSR count). The summed E-state index contributed by atoms with van der Waals surface area (Å²) in [5.41, 5.74) is 23.1. The zero-order chi connectivity index (χ0) is 24.9. The van der Waals surface area contributed by atoms with Crippen LogP contribution in [0.3, 0.4) is 0 Å². The average Bonchev–Trinajstić information content (AvgIpc) is 2.86. The van der Waals surface area contributed by atoms with E-state index in [1.807, 2.05) is 72.8 Å². The van der Waals surface area contributed by atoms with Crippen LogP contribution in [0, 0.1) is 0 Å². The van der Waals surface area contributed by atoms with Gasteiger partial charge >= 0.3 is 0 Å². The Bertz CT molecular complexity index is 855. The lowest BCUT2D eigenvalue weighted by Gasteiger charge is -2.35. The van der Waals surface area contributed by atoms with E-state index in [4.69, 9.17) is 17.2 Å². The van der Waals surface area contributed by atoms with Crippen LogP contribution in [0.25, 0.3) is 0 Å². The molecule has 35 heavy (non-hydrogen) atoms. The van der Waals surface area contributed by atoms with Crippen molar-refractivity contribution >= 4 is 34.1 Å².